The number of azide groups is 2. The van der Waals surface area contributed by atoms with Gasteiger partial charge in [0.1, 0.15) is 60.6 Å². The highest BCUT2D eigenvalue weighted by molar-refractivity contribution is 7.86. The zero-order valence-corrected chi connectivity index (χ0v) is 59.8. The molecule has 0 saturated carbocycles. The van der Waals surface area contributed by atoms with E-state index in [9.17, 15) is 69.3 Å². The normalized spacial score (nSPS) is 22.5. The number of nitrogens with zero attached hydrogens (tertiary/aromatic N) is 9. The smallest absolute Gasteiger partial charge is 0.478 e. The van der Waals surface area contributed by atoms with Crippen LogP contribution in [0.4, 0.5) is 10.1 Å². The molecule has 3 amide bonds. The molecule has 39 nitrogen and oxygen atoms in total. The van der Waals surface area contributed by atoms with E-state index in [2.05, 4.69) is 72.5 Å². The molecule has 6 aliphatic heterocycles. The van der Waals surface area contributed by atoms with Gasteiger partial charge in [-0.25, -0.2) is 9.18 Å². The molecule has 3 aromatic carbocycles. The van der Waals surface area contributed by atoms with Gasteiger partial charge in [0.15, 0.2) is 10.5 Å². The standard InChI is InChI=1S/C60H65FN15O24P3S2/c1-59(2)22-33(28-104(86,87)88)37-17-40-44(19-42(37)66-59)96-45-20-43-38(34(29-105(89,90)91)23-60(3,4)67-43)18-41(45)52(40)39-16-31(10-11-36(39)57(80)81)56(79)72-71-55(78)30-7-5-9-35(15-30)94-27-49(68-74-63)93-14-13-92-26-48(77)65-12-6-8-32-24-76(54-51(32)53(62)69-70-54)50-21-46(98-58(61)73-75-64)47(97-50)25-95-102(84)100-103(85)99-101(82)83/h5,7,10-11,15-20,22-23,32,35,46-47,49-51,54,58,70,82-83H,9,12-14,21,24-29H2,1-4H3,(H7-2,62,65,66,67,69,71,72,77,78,79,80,81,86,87,88,89,90,91)/p+2/t32?,35?,46?,47-,49?,50-,51?,54?,58?/m1/s1. The van der Waals surface area contributed by atoms with Crippen LogP contribution < -0.4 is 48.0 Å². The summed E-state index contributed by atoms with van der Waals surface area (Å²) >= 11 is 0. The summed E-state index contributed by atoms with van der Waals surface area (Å²) in [5.74, 6) is 0.00897. The minimum atomic E-state index is -4.64. The van der Waals surface area contributed by atoms with Crippen LogP contribution in [-0.2, 0) is 75.8 Å². The van der Waals surface area contributed by atoms with Crippen LogP contribution in [0.15, 0.2) is 98.7 Å². The number of halogens is 1. The Kier molecular flexibility index (Phi) is 25.0. The molecule has 6 heterocycles. The number of hydrogen-bond acceptors (Lipinski definition) is 29. The van der Waals surface area contributed by atoms with Crippen molar-refractivity contribution < 1.29 is 115 Å². The van der Waals surface area contributed by atoms with E-state index < -0.39 is 160 Å². The summed E-state index contributed by atoms with van der Waals surface area (Å²) in [6.45, 7) is 2.90. The van der Waals surface area contributed by atoms with Gasteiger partial charge in [-0.15, -0.1) is 4.52 Å². The van der Waals surface area contributed by atoms with Crippen molar-refractivity contribution in [3.63, 3.8) is 0 Å². The molecule has 2 fully saturated rings. The summed E-state index contributed by atoms with van der Waals surface area (Å²) < 4.78 is 157. The number of hydrazone groups is 1. The lowest BCUT2D eigenvalue weighted by Gasteiger charge is -2.34. The number of ether oxygens (including phenoxy) is 6. The third-order valence-corrected chi connectivity index (χ3v) is 20.4. The lowest BCUT2D eigenvalue weighted by molar-refractivity contribution is -0.126. The van der Waals surface area contributed by atoms with Gasteiger partial charge in [-0.05, 0) is 108 Å². The number of likely N-dealkylation sites (tertiary alicyclic amines) is 1. The number of anilines is 1. The van der Waals surface area contributed by atoms with Crippen molar-refractivity contribution in [1.29, 1.82) is 0 Å². The topological polar surface area (TPSA) is 567 Å². The maximum absolute atomic E-state index is 14.4. The number of aromatic carboxylic acids is 1. The molecule has 9 unspecified atom stereocenters. The fourth-order valence-corrected chi connectivity index (χ4v) is 15.5. The summed E-state index contributed by atoms with van der Waals surface area (Å²) in [6.07, 6.45) is 2.04. The number of carbonyl (C=O) groups is 4. The zero-order valence-electron chi connectivity index (χ0n) is 55.5. The fourth-order valence-electron chi connectivity index (χ4n) is 12.5. The van der Waals surface area contributed by atoms with Gasteiger partial charge in [-0.2, -0.15) is 21.9 Å². The molecule has 10 rings (SSSR count). The van der Waals surface area contributed by atoms with Crippen molar-refractivity contribution in [2.24, 2.45) is 37.9 Å². The van der Waals surface area contributed by atoms with E-state index in [1.54, 1.807) is 56.9 Å². The Morgan fingerprint density at radius 2 is 1.68 bits per heavy atom. The summed E-state index contributed by atoms with van der Waals surface area (Å²) in [7, 11) is -18.8. The van der Waals surface area contributed by atoms with E-state index in [0.29, 0.717) is 5.69 Å². The molecule has 1 aliphatic carbocycles. The second-order valence-electron chi connectivity index (χ2n) is 25.1. The number of benzene rings is 3. The number of carbonyl (C=O) groups excluding carboxylic acids is 3. The lowest BCUT2D eigenvalue weighted by atomic mass is 9.84. The van der Waals surface area contributed by atoms with Crippen LogP contribution in [0.5, 0.6) is 11.5 Å². The van der Waals surface area contributed by atoms with E-state index in [4.69, 9.17) is 59.0 Å². The van der Waals surface area contributed by atoms with Crippen LogP contribution >= 0.6 is 25.1 Å². The first-order chi connectivity index (χ1) is 49.6. The molecular formula is C60H67FN15O24P3S2+2. The maximum Gasteiger partial charge on any atom is 0.755 e. The van der Waals surface area contributed by atoms with Crippen LogP contribution in [0.25, 0.3) is 37.6 Å². The van der Waals surface area contributed by atoms with Gasteiger partial charge in [0.25, 0.3) is 38.5 Å². The number of amidine groups is 1. The van der Waals surface area contributed by atoms with Crippen LogP contribution in [0.1, 0.15) is 83.5 Å². The van der Waals surface area contributed by atoms with Crippen molar-refractivity contribution >= 4 is 97.3 Å². The van der Waals surface area contributed by atoms with Crippen LogP contribution in [0.3, 0.4) is 0 Å². The van der Waals surface area contributed by atoms with Crippen molar-refractivity contribution in [3.05, 3.63) is 143 Å². The van der Waals surface area contributed by atoms with Gasteiger partial charge in [0.2, 0.25) is 5.91 Å². The van der Waals surface area contributed by atoms with Gasteiger partial charge in [0.05, 0.1) is 66.5 Å². The molecule has 2 saturated heterocycles. The third-order valence-electron chi connectivity index (χ3n) is 16.5. The minimum absolute atomic E-state index is 0.0232. The summed E-state index contributed by atoms with van der Waals surface area (Å²) in [6, 6.07) is 9.73. The Labute approximate surface area is 598 Å². The Morgan fingerprint density at radius 1 is 0.943 bits per heavy atom. The number of nitrogens with one attached hydrogen (secondary N) is 5. The first kappa shape index (κ1) is 78.7. The second kappa shape index (κ2) is 33.3. The molecule has 7 aliphatic rings. The van der Waals surface area contributed by atoms with Crippen molar-refractivity contribution in [2.75, 3.05) is 62.9 Å². The van der Waals surface area contributed by atoms with Crippen LogP contribution in [0.2, 0.25) is 0 Å². The van der Waals surface area contributed by atoms with Gasteiger partial charge >= 0.3 is 31.1 Å². The number of amides is 3. The number of carboxylic acid groups (broad SMARTS) is 1. The highest BCUT2D eigenvalue weighted by Gasteiger charge is 2.53. The monoisotopic (exact) mass is 1560 g/mol. The Balaban J connectivity index is 0.737. The third kappa shape index (κ3) is 20.4. The van der Waals surface area contributed by atoms with Crippen molar-refractivity contribution in [2.45, 2.75) is 95.0 Å². The first-order valence-electron chi connectivity index (χ1n) is 31.3. The SMILES string of the molecule is CC1(C)C=C(CS(=O)(=O)O)c2cc3c(cc2=N1)Oc1cc2c(cc1C=3c1cc(C(=O)NNC(=O)C3=CC(OCC(N=[N+]=[N-])OCCOCC(=O)NCC#CC4CN([C@H]5CC(OC(F)N=[N+]=[N-])[C@@H](CO[P+](=O)O[P+](=O)OP(O)O)O5)C5NN=C(N)C45)CC=C3)ccc1C(=O)O)C(CS(=O)(=O)O)=CC(C)(C)N2. The summed E-state index contributed by atoms with van der Waals surface area (Å²) in [4.78, 5) is 83.2. The van der Waals surface area contributed by atoms with E-state index in [1.807, 2.05) is 0 Å². The van der Waals surface area contributed by atoms with Gasteiger partial charge in [-0.3, -0.25) is 49.7 Å². The van der Waals surface area contributed by atoms with E-state index in [0.717, 1.165) is 6.07 Å². The van der Waals surface area contributed by atoms with E-state index >= 15 is 0 Å². The quantitative estimate of drug-likeness (QED) is 0.00403. The second-order valence-corrected chi connectivity index (χ2v) is 30.9. The summed E-state index contributed by atoms with van der Waals surface area (Å²) in [5, 5.41) is 27.7. The minimum Gasteiger partial charge on any atom is -0.478 e. The number of nitrogens with two attached hydrogens (primary N) is 1. The zero-order chi connectivity index (χ0) is 75.9. The molecule has 45 heteroatoms. The summed E-state index contributed by atoms with van der Waals surface area (Å²) in [5.41, 5.74) is 30.9. The number of hydrogen-bond donors (Lipinski definition) is 11. The number of rotatable bonds is 30. The molecule has 11 atom stereocenters. The highest BCUT2D eigenvalue weighted by Crippen LogP contribution is 2.49. The number of carboxylic acids is 1. The predicted octanol–water partition coefficient (Wildman–Crippen LogP) is 4.11. The fraction of sp³-hybridized carbons (Fsp3) is 0.433. The lowest BCUT2D eigenvalue weighted by Crippen LogP contribution is -2.46. The van der Waals surface area contributed by atoms with Gasteiger partial charge in [0, 0.05) is 94.3 Å². The predicted molar refractivity (Wildman–Crippen MR) is 366 cm³/mol. The molecule has 12 N–H and O–H groups in total. The molecule has 0 bridgehead atoms. The molecule has 558 valence electrons. The van der Waals surface area contributed by atoms with E-state index in [-0.39, 0.29) is 129 Å². The van der Waals surface area contributed by atoms with Crippen molar-refractivity contribution in [1.82, 2.24) is 26.5 Å². The maximum atomic E-state index is 14.4. The number of fused-ring (bicyclic) bond motifs is 5. The first-order valence-corrected chi connectivity index (χ1v) is 37.9. The van der Waals surface area contributed by atoms with Crippen molar-refractivity contribution in [3.8, 4) is 23.3 Å². The number of alkyl halides is 1. The average molecular weight is 1560 g/mol. The Morgan fingerprint density at radius 3 is 2.39 bits per heavy atom. The van der Waals surface area contributed by atoms with Crippen LogP contribution in [-0.4, -0.2) is 187 Å². The molecule has 0 aromatic heterocycles. The van der Waals surface area contributed by atoms with Crippen LogP contribution in [0, 0.1) is 23.7 Å². The average Bonchev–Trinajstić information content (AvgIpc) is 1.41. The Hall–Kier alpha value is -8.84. The molecule has 3 aromatic rings. The largest absolute Gasteiger partial charge is 0.755 e. The highest BCUT2D eigenvalue weighted by atomic mass is 32.2. The Bertz CT molecular complexity index is 4760. The van der Waals surface area contributed by atoms with E-state index in [1.165, 1.54) is 42.5 Å². The number of hydrazine groups is 1. The molecule has 0 radical (unpaired) electrons. The molecule has 0 spiro atoms. The molecular weight excluding hydrogens is 1490 g/mol. The van der Waals surface area contributed by atoms with Gasteiger partial charge < -0.3 is 59.7 Å². The molecule has 105 heavy (non-hydrogen) atoms. The van der Waals surface area contributed by atoms with Gasteiger partial charge in [-0.1, -0.05) is 41.3 Å².